The predicted molar refractivity (Wildman–Crippen MR) is 147 cm³/mol. The number of carbonyl (C=O) groups excluding carboxylic acids is 3. The fraction of sp³-hybridized carbons (Fsp3) is 0.379. The van der Waals surface area contributed by atoms with E-state index in [0.717, 1.165) is 24.3 Å². The van der Waals surface area contributed by atoms with E-state index in [4.69, 9.17) is 9.84 Å². The van der Waals surface area contributed by atoms with E-state index in [1.807, 2.05) is 11.0 Å². The third-order valence-electron chi connectivity index (χ3n) is 6.82. The lowest BCUT2D eigenvalue weighted by Crippen LogP contribution is -2.47. The number of nitriles is 1. The quantitative estimate of drug-likeness (QED) is 0.508. The number of hydrogen-bond donors (Lipinski definition) is 1. The van der Waals surface area contributed by atoms with Crippen LogP contribution in [-0.2, 0) is 16.1 Å². The minimum Gasteiger partial charge on any atom is -0.443 e. The van der Waals surface area contributed by atoms with E-state index in [1.165, 1.54) is 35.9 Å². The maximum atomic E-state index is 15.0. The molecule has 0 unspecified atom stereocenters. The van der Waals surface area contributed by atoms with Gasteiger partial charge in [-0.25, -0.2) is 23.8 Å². The van der Waals surface area contributed by atoms with Gasteiger partial charge in [0.25, 0.3) is 5.91 Å². The van der Waals surface area contributed by atoms with Gasteiger partial charge in [0.2, 0.25) is 5.91 Å². The van der Waals surface area contributed by atoms with E-state index in [2.05, 4.69) is 10.3 Å². The van der Waals surface area contributed by atoms with Gasteiger partial charge in [-0.15, -0.1) is 0 Å². The lowest BCUT2D eigenvalue weighted by atomic mass is 10.0. The highest BCUT2D eigenvalue weighted by molar-refractivity contribution is 6.08. The van der Waals surface area contributed by atoms with Crippen molar-refractivity contribution in [3.05, 3.63) is 59.2 Å². The SMILES string of the molecule is CC(=O)N[C@H]1CCCN(c2ccn(-c3cc(-c4c(F)cccc4C#N)nc4c3C(=O)N(C(=O)OC(C)(C)C)C4)n2)C1. The minimum atomic E-state index is -0.831. The van der Waals surface area contributed by atoms with E-state index in [1.54, 1.807) is 33.0 Å². The van der Waals surface area contributed by atoms with Gasteiger partial charge in [-0.05, 0) is 51.8 Å². The van der Waals surface area contributed by atoms with Crippen LogP contribution in [0.5, 0.6) is 0 Å². The number of imide groups is 1. The van der Waals surface area contributed by atoms with Crippen LogP contribution in [0.25, 0.3) is 16.9 Å². The maximum absolute atomic E-state index is 15.0. The van der Waals surface area contributed by atoms with Gasteiger partial charge >= 0.3 is 6.09 Å². The van der Waals surface area contributed by atoms with Crippen molar-refractivity contribution in [1.29, 1.82) is 5.26 Å². The Kier molecular flexibility index (Phi) is 7.21. The standard InChI is InChI=1S/C29H30FN7O4/c1-17(38)32-19-8-6-11-35(15-19)24-10-12-37(34-24)23-13-21(25-18(14-31)7-5-9-20(25)30)33-22-16-36(27(39)26(22)23)28(40)41-29(2,3)4/h5,7,9-10,12-13,19H,6,8,11,15-16H2,1-4H3,(H,32,38)/t19-/m0/s1. The molecular formula is C29H30FN7O4. The molecule has 41 heavy (non-hydrogen) atoms. The average Bonchev–Trinajstić information content (AvgIpc) is 3.52. The number of nitrogens with one attached hydrogen (secondary N) is 1. The van der Waals surface area contributed by atoms with E-state index in [0.29, 0.717) is 12.4 Å². The number of anilines is 1. The summed E-state index contributed by atoms with van der Waals surface area (Å²) in [6, 6.07) is 9.43. The molecule has 1 N–H and O–H groups in total. The average molecular weight is 560 g/mol. The van der Waals surface area contributed by atoms with Crippen molar-refractivity contribution >= 4 is 23.7 Å². The zero-order valence-corrected chi connectivity index (χ0v) is 23.3. The molecule has 2 aliphatic heterocycles. The first kappa shape index (κ1) is 27.8. The molecule has 0 aliphatic carbocycles. The third kappa shape index (κ3) is 5.61. The lowest BCUT2D eigenvalue weighted by Gasteiger charge is -2.33. The van der Waals surface area contributed by atoms with Crippen molar-refractivity contribution in [1.82, 2.24) is 25.0 Å². The van der Waals surface area contributed by atoms with Gasteiger partial charge in [-0.2, -0.15) is 10.4 Å². The Labute approximate surface area is 236 Å². The van der Waals surface area contributed by atoms with Crippen LogP contribution in [0.3, 0.4) is 0 Å². The topological polar surface area (TPSA) is 133 Å². The summed E-state index contributed by atoms with van der Waals surface area (Å²) in [5.41, 5.74) is 0.0324. The molecular weight excluding hydrogens is 529 g/mol. The van der Waals surface area contributed by atoms with Crippen LogP contribution in [-0.4, -0.2) is 62.3 Å². The summed E-state index contributed by atoms with van der Waals surface area (Å²) in [6.45, 7) is 7.71. The molecule has 5 rings (SSSR count). The summed E-state index contributed by atoms with van der Waals surface area (Å²) < 4.78 is 22.0. The van der Waals surface area contributed by atoms with Crippen molar-refractivity contribution in [2.45, 2.75) is 58.7 Å². The molecule has 0 bridgehead atoms. The molecule has 1 saturated heterocycles. The van der Waals surface area contributed by atoms with E-state index >= 15 is 4.39 Å². The molecule has 2 aromatic heterocycles. The molecule has 12 heteroatoms. The molecule has 3 amide bonds. The van der Waals surface area contributed by atoms with Gasteiger partial charge < -0.3 is 15.0 Å². The molecule has 0 saturated carbocycles. The number of aromatic nitrogens is 3. The lowest BCUT2D eigenvalue weighted by molar-refractivity contribution is -0.119. The van der Waals surface area contributed by atoms with Crippen LogP contribution in [0.1, 0.15) is 62.2 Å². The maximum Gasteiger partial charge on any atom is 0.417 e. The Morgan fingerprint density at radius 3 is 2.71 bits per heavy atom. The molecule has 4 heterocycles. The number of benzene rings is 1. The van der Waals surface area contributed by atoms with Crippen molar-refractivity contribution in [3.8, 4) is 23.0 Å². The van der Waals surface area contributed by atoms with Crippen LogP contribution in [0.2, 0.25) is 0 Å². The number of nitrogens with zero attached hydrogens (tertiary/aromatic N) is 6. The molecule has 1 fully saturated rings. The Morgan fingerprint density at radius 2 is 2.00 bits per heavy atom. The molecule has 1 aromatic carbocycles. The van der Waals surface area contributed by atoms with E-state index in [-0.39, 0.29) is 52.3 Å². The molecule has 3 aromatic rings. The van der Waals surface area contributed by atoms with E-state index < -0.39 is 23.4 Å². The number of hydrogen-bond acceptors (Lipinski definition) is 8. The van der Waals surface area contributed by atoms with Crippen LogP contribution >= 0.6 is 0 Å². The summed E-state index contributed by atoms with van der Waals surface area (Å²) in [6.07, 6.45) is 2.57. The van der Waals surface area contributed by atoms with Gasteiger partial charge in [0.1, 0.15) is 11.4 Å². The first-order valence-corrected chi connectivity index (χ1v) is 13.3. The molecule has 0 radical (unpaired) electrons. The zero-order valence-electron chi connectivity index (χ0n) is 23.3. The van der Waals surface area contributed by atoms with Crippen LogP contribution in [0.4, 0.5) is 15.0 Å². The van der Waals surface area contributed by atoms with Crippen molar-refractivity contribution in [2.75, 3.05) is 18.0 Å². The number of pyridine rings is 1. The fourth-order valence-corrected chi connectivity index (χ4v) is 5.15. The van der Waals surface area contributed by atoms with Crippen molar-refractivity contribution in [2.24, 2.45) is 0 Å². The highest BCUT2D eigenvalue weighted by Crippen LogP contribution is 2.34. The molecule has 11 nitrogen and oxygen atoms in total. The monoisotopic (exact) mass is 559 g/mol. The van der Waals surface area contributed by atoms with Crippen LogP contribution in [0, 0.1) is 17.1 Å². The smallest absolute Gasteiger partial charge is 0.417 e. The Hall–Kier alpha value is -4.79. The Morgan fingerprint density at radius 1 is 1.22 bits per heavy atom. The largest absolute Gasteiger partial charge is 0.443 e. The second kappa shape index (κ2) is 10.6. The number of amides is 3. The summed E-state index contributed by atoms with van der Waals surface area (Å²) in [4.78, 5) is 45.6. The normalized spacial score (nSPS) is 16.8. The van der Waals surface area contributed by atoms with Gasteiger partial charge in [0, 0.05) is 38.3 Å². The number of carbonyl (C=O) groups is 3. The number of halogens is 1. The summed E-state index contributed by atoms with van der Waals surface area (Å²) in [5, 5.41) is 17.3. The molecule has 2 aliphatic rings. The van der Waals surface area contributed by atoms with E-state index in [9.17, 15) is 19.6 Å². The third-order valence-corrected chi connectivity index (χ3v) is 6.82. The molecule has 212 valence electrons. The number of fused-ring (bicyclic) bond motifs is 1. The van der Waals surface area contributed by atoms with Gasteiger partial charge in [-0.1, -0.05) is 6.07 Å². The number of rotatable bonds is 4. The Bertz CT molecular complexity index is 1590. The highest BCUT2D eigenvalue weighted by Gasteiger charge is 2.39. The first-order chi connectivity index (χ1) is 19.4. The predicted octanol–water partition coefficient (Wildman–Crippen LogP) is 3.94. The summed E-state index contributed by atoms with van der Waals surface area (Å²) >= 11 is 0. The highest BCUT2D eigenvalue weighted by atomic mass is 19.1. The van der Waals surface area contributed by atoms with Gasteiger partial charge in [0.05, 0.1) is 46.4 Å². The van der Waals surface area contributed by atoms with Crippen LogP contribution < -0.4 is 10.2 Å². The second-order valence-electron chi connectivity index (χ2n) is 11.1. The second-order valence-corrected chi connectivity index (χ2v) is 11.1. The first-order valence-electron chi connectivity index (χ1n) is 13.3. The summed E-state index contributed by atoms with van der Waals surface area (Å²) in [5.74, 6) is -0.724. The minimum absolute atomic E-state index is 0.0104. The number of piperidine rings is 1. The number of ether oxygens (including phenoxy) is 1. The van der Waals surface area contributed by atoms with Gasteiger partial charge in [0.15, 0.2) is 5.82 Å². The van der Waals surface area contributed by atoms with Gasteiger partial charge in [-0.3, -0.25) is 9.59 Å². The molecule has 1 atom stereocenters. The van der Waals surface area contributed by atoms with Crippen molar-refractivity contribution < 1.29 is 23.5 Å². The fourth-order valence-electron chi connectivity index (χ4n) is 5.15. The van der Waals surface area contributed by atoms with Crippen molar-refractivity contribution in [3.63, 3.8) is 0 Å². The zero-order chi connectivity index (χ0) is 29.5. The summed E-state index contributed by atoms with van der Waals surface area (Å²) in [7, 11) is 0. The Balaban J connectivity index is 1.58. The van der Waals surface area contributed by atoms with Crippen LogP contribution in [0.15, 0.2) is 36.5 Å². The molecule has 0 spiro atoms.